The summed E-state index contributed by atoms with van der Waals surface area (Å²) in [6, 6.07) is 15.5. The SMILES string of the molecule is Cc1ccc(NS(=O)(=O)c2cc(C(=O)Nc3ccc(Cl)c(Cl)c3)ccc2Cl)cc1. The van der Waals surface area contributed by atoms with Crippen LogP contribution in [0.15, 0.2) is 65.6 Å². The van der Waals surface area contributed by atoms with Crippen molar-refractivity contribution in [2.24, 2.45) is 0 Å². The van der Waals surface area contributed by atoms with E-state index in [-0.39, 0.29) is 20.5 Å². The van der Waals surface area contributed by atoms with E-state index in [0.29, 0.717) is 16.4 Å². The van der Waals surface area contributed by atoms with E-state index in [1.54, 1.807) is 36.4 Å². The molecule has 0 radical (unpaired) electrons. The topological polar surface area (TPSA) is 75.3 Å². The Morgan fingerprint density at radius 1 is 0.793 bits per heavy atom. The van der Waals surface area contributed by atoms with Crippen LogP contribution in [-0.4, -0.2) is 14.3 Å². The Hall–Kier alpha value is -2.25. The van der Waals surface area contributed by atoms with Crippen LogP contribution in [-0.2, 0) is 10.0 Å². The molecule has 0 aromatic heterocycles. The van der Waals surface area contributed by atoms with Gasteiger partial charge in [0.2, 0.25) is 0 Å². The first-order valence-corrected chi connectivity index (χ1v) is 10.9. The van der Waals surface area contributed by atoms with E-state index in [4.69, 9.17) is 34.8 Å². The van der Waals surface area contributed by atoms with Crippen molar-refractivity contribution in [3.8, 4) is 0 Å². The molecule has 0 saturated heterocycles. The Bertz CT molecular complexity index is 1180. The van der Waals surface area contributed by atoms with Gasteiger partial charge in [0.15, 0.2) is 0 Å². The number of rotatable bonds is 5. The average molecular weight is 470 g/mol. The second-order valence-electron chi connectivity index (χ2n) is 6.20. The molecule has 9 heteroatoms. The highest BCUT2D eigenvalue weighted by molar-refractivity contribution is 7.92. The normalized spacial score (nSPS) is 11.2. The highest BCUT2D eigenvalue weighted by atomic mass is 35.5. The molecular formula is C20H15Cl3N2O3S. The molecule has 0 aliphatic heterocycles. The van der Waals surface area contributed by atoms with Crippen molar-refractivity contribution < 1.29 is 13.2 Å². The lowest BCUT2D eigenvalue weighted by Gasteiger charge is -2.12. The van der Waals surface area contributed by atoms with Crippen LogP contribution in [0.2, 0.25) is 15.1 Å². The minimum atomic E-state index is -4.00. The molecule has 150 valence electrons. The number of carbonyl (C=O) groups is 1. The van der Waals surface area contributed by atoms with Gasteiger partial charge in [-0.05, 0) is 55.5 Å². The van der Waals surface area contributed by atoms with Crippen molar-refractivity contribution in [3.05, 3.63) is 86.9 Å². The molecule has 0 unspecified atom stereocenters. The van der Waals surface area contributed by atoms with Gasteiger partial charge in [-0.15, -0.1) is 0 Å². The van der Waals surface area contributed by atoms with Gasteiger partial charge >= 0.3 is 0 Å². The molecule has 3 aromatic rings. The summed E-state index contributed by atoms with van der Waals surface area (Å²) >= 11 is 17.9. The summed E-state index contributed by atoms with van der Waals surface area (Å²) in [6.45, 7) is 1.89. The maximum Gasteiger partial charge on any atom is 0.263 e. The average Bonchev–Trinajstić information content (AvgIpc) is 2.66. The molecule has 5 nitrogen and oxygen atoms in total. The van der Waals surface area contributed by atoms with Crippen molar-refractivity contribution >= 4 is 62.1 Å². The molecule has 2 N–H and O–H groups in total. The number of nitrogens with one attached hydrogen (secondary N) is 2. The third-order valence-electron chi connectivity index (χ3n) is 3.96. The molecule has 0 spiro atoms. The van der Waals surface area contributed by atoms with Crippen LogP contribution in [0.3, 0.4) is 0 Å². The van der Waals surface area contributed by atoms with Gasteiger partial charge in [-0.2, -0.15) is 0 Å². The molecule has 0 atom stereocenters. The van der Waals surface area contributed by atoms with E-state index in [1.807, 2.05) is 6.92 Å². The van der Waals surface area contributed by atoms with E-state index in [2.05, 4.69) is 10.0 Å². The van der Waals surface area contributed by atoms with Gasteiger partial charge in [0, 0.05) is 16.9 Å². The number of benzene rings is 3. The minimum absolute atomic E-state index is 0.00398. The van der Waals surface area contributed by atoms with E-state index in [0.717, 1.165) is 5.56 Å². The van der Waals surface area contributed by atoms with Crippen molar-refractivity contribution in [3.63, 3.8) is 0 Å². The van der Waals surface area contributed by atoms with E-state index in [1.165, 1.54) is 24.3 Å². The Balaban J connectivity index is 1.87. The molecule has 0 heterocycles. The Kier molecular flexibility index (Phi) is 6.39. The standard InChI is InChI=1S/C20H15Cl3N2O3S/c1-12-2-5-14(6-3-12)25-29(27,28)19-10-13(4-8-17(19)22)20(26)24-15-7-9-16(21)18(23)11-15/h2-11,25H,1H3,(H,24,26). The van der Waals surface area contributed by atoms with Gasteiger partial charge < -0.3 is 5.32 Å². The number of anilines is 2. The summed E-state index contributed by atoms with van der Waals surface area (Å²) < 4.78 is 28.0. The van der Waals surface area contributed by atoms with Gasteiger partial charge in [-0.3, -0.25) is 9.52 Å². The molecule has 29 heavy (non-hydrogen) atoms. The number of carbonyl (C=O) groups excluding carboxylic acids is 1. The maximum absolute atomic E-state index is 12.8. The molecule has 0 aliphatic carbocycles. The Morgan fingerprint density at radius 2 is 1.41 bits per heavy atom. The van der Waals surface area contributed by atoms with Gasteiger partial charge in [0.05, 0.1) is 15.1 Å². The number of hydrogen-bond donors (Lipinski definition) is 2. The predicted octanol–water partition coefficient (Wildman–Crippen LogP) is 6.01. The fraction of sp³-hybridized carbons (Fsp3) is 0.0500. The zero-order valence-corrected chi connectivity index (χ0v) is 18.1. The van der Waals surface area contributed by atoms with Crippen LogP contribution in [0.25, 0.3) is 0 Å². The summed E-state index contributed by atoms with van der Waals surface area (Å²) in [5, 5.41) is 3.27. The first-order chi connectivity index (χ1) is 13.7. The fourth-order valence-corrected chi connectivity index (χ4v) is 4.34. The summed E-state index contributed by atoms with van der Waals surface area (Å²) in [4.78, 5) is 12.3. The maximum atomic E-state index is 12.8. The van der Waals surface area contributed by atoms with Crippen LogP contribution in [0.5, 0.6) is 0 Å². The quantitative estimate of drug-likeness (QED) is 0.480. The molecule has 3 aromatic carbocycles. The van der Waals surface area contributed by atoms with E-state index < -0.39 is 15.9 Å². The highest BCUT2D eigenvalue weighted by Crippen LogP contribution is 2.27. The summed E-state index contributed by atoms with van der Waals surface area (Å²) in [5.41, 5.74) is 1.91. The monoisotopic (exact) mass is 468 g/mol. The van der Waals surface area contributed by atoms with Crippen LogP contribution in [0.1, 0.15) is 15.9 Å². The fourth-order valence-electron chi connectivity index (χ4n) is 2.46. The van der Waals surface area contributed by atoms with Crippen molar-refractivity contribution in [1.29, 1.82) is 0 Å². The van der Waals surface area contributed by atoms with Crippen molar-refractivity contribution in [2.75, 3.05) is 10.0 Å². The van der Waals surface area contributed by atoms with Crippen molar-refractivity contribution in [1.82, 2.24) is 0 Å². The van der Waals surface area contributed by atoms with Gasteiger partial charge in [0.25, 0.3) is 15.9 Å². The lowest BCUT2D eigenvalue weighted by Crippen LogP contribution is -2.16. The molecule has 0 aliphatic rings. The summed E-state index contributed by atoms with van der Waals surface area (Å²) in [7, 11) is -4.00. The smallest absolute Gasteiger partial charge is 0.263 e. The highest BCUT2D eigenvalue weighted by Gasteiger charge is 2.20. The number of aryl methyl sites for hydroxylation is 1. The molecule has 0 saturated carbocycles. The molecule has 0 fully saturated rings. The first kappa shape index (κ1) is 21.5. The third kappa shape index (κ3) is 5.22. The first-order valence-electron chi connectivity index (χ1n) is 8.31. The number of hydrogen-bond acceptors (Lipinski definition) is 3. The predicted molar refractivity (Wildman–Crippen MR) is 118 cm³/mol. The van der Waals surface area contributed by atoms with Crippen molar-refractivity contribution in [2.45, 2.75) is 11.8 Å². The zero-order chi connectivity index (χ0) is 21.2. The summed E-state index contributed by atoms with van der Waals surface area (Å²) in [5.74, 6) is -0.521. The Morgan fingerprint density at radius 3 is 2.07 bits per heavy atom. The minimum Gasteiger partial charge on any atom is -0.322 e. The molecule has 3 rings (SSSR count). The second-order valence-corrected chi connectivity index (χ2v) is 9.07. The van der Waals surface area contributed by atoms with Gasteiger partial charge in [-0.1, -0.05) is 52.5 Å². The van der Waals surface area contributed by atoms with Gasteiger partial charge in [-0.25, -0.2) is 8.42 Å². The van der Waals surface area contributed by atoms with Crippen LogP contribution < -0.4 is 10.0 Å². The molecule has 1 amide bonds. The largest absolute Gasteiger partial charge is 0.322 e. The second kappa shape index (κ2) is 8.63. The lowest BCUT2D eigenvalue weighted by molar-refractivity contribution is 0.102. The molecular weight excluding hydrogens is 455 g/mol. The third-order valence-corrected chi connectivity index (χ3v) is 6.57. The van der Waals surface area contributed by atoms with Crippen LogP contribution in [0.4, 0.5) is 11.4 Å². The van der Waals surface area contributed by atoms with Crippen LogP contribution >= 0.6 is 34.8 Å². The van der Waals surface area contributed by atoms with Gasteiger partial charge in [0.1, 0.15) is 4.90 Å². The van der Waals surface area contributed by atoms with Crippen LogP contribution in [0, 0.1) is 6.92 Å². The number of sulfonamides is 1. The number of amides is 1. The molecule has 0 bridgehead atoms. The summed E-state index contributed by atoms with van der Waals surface area (Å²) in [6.07, 6.45) is 0. The van der Waals surface area contributed by atoms with E-state index in [9.17, 15) is 13.2 Å². The Labute approximate surface area is 183 Å². The number of halogens is 3. The van der Waals surface area contributed by atoms with E-state index >= 15 is 0 Å². The zero-order valence-electron chi connectivity index (χ0n) is 15.0. The lowest BCUT2D eigenvalue weighted by atomic mass is 10.2.